The molecule has 14 heteroatoms. The van der Waals surface area contributed by atoms with Gasteiger partial charge in [-0.2, -0.15) is 16.8 Å². The fourth-order valence-electron chi connectivity index (χ4n) is 2.13. The molecule has 3 rings (SSSR count). The van der Waals surface area contributed by atoms with E-state index < -0.39 is 31.7 Å². The van der Waals surface area contributed by atoms with Gasteiger partial charge in [0.05, 0.1) is 23.8 Å². The van der Waals surface area contributed by atoms with Gasteiger partial charge in [-0.3, -0.25) is 9.11 Å². The fourth-order valence-corrected chi connectivity index (χ4v) is 3.15. The van der Waals surface area contributed by atoms with Gasteiger partial charge in [-0.25, -0.2) is 9.36 Å². The zero-order valence-electron chi connectivity index (χ0n) is 12.9. The third-order valence-electron chi connectivity index (χ3n) is 3.10. The lowest BCUT2D eigenvalue weighted by Crippen LogP contribution is -2.02. The number of benzene rings is 1. The second kappa shape index (κ2) is 6.56. The van der Waals surface area contributed by atoms with Crippen LogP contribution in [0.25, 0.3) is 11.4 Å². The van der Waals surface area contributed by atoms with Crippen molar-refractivity contribution >= 4 is 20.2 Å². The smallest absolute Gasteiger partial charge is 0.270 e. The highest BCUT2D eigenvalue weighted by Crippen LogP contribution is 2.14. The molecule has 2 N–H and O–H groups in total. The number of aromatic nitrogens is 6. The Balaban J connectivity index is 1.87. The van der Waals surface area contributed by atoms with Crippen molar-refractivity contribution in [3.63, 3.8) is 0 Å². The van der Waals surface area contributed by atoms with E-state index in [-0.39, 0.29) is 11.4 Å². The molecule has 0 fully saturated rings. The molecular formula is C12H12N6O6S2. The van der Waals surface area contributed by atoms with Gasteiger partial charge in [0.2, 0.25) is 0 Å². The summed E-state index contributed by atoms with van der Waals surface area (Å²) in [6.45, 7) is 0. The molecule has 0 saturated heterocycles. The maximum atomic E-state index is 10.9. The maximum Gasteiger partial charge on any atom is 0.270 e. The maximum absolute atomic E-state index is 10.9. The van der Waals surface area contributed by atoms with Crippen LogP contribution in [-0.4, -0.2) is 55.9 Å². The molecule has 0 aliphatic heterocycles. The van der Waals surface area contributed by atoms with Crippen LogP contribution in [0.1, 0.15) is 11.4 Å². The lowest BCUT2D eigenvalue weighted by molar-refractivity contribution is 0.479. The number of nitrogens with zero attached hydrogens (tertiary/aromatic N) is 6. The highest BCUT2D eigenvalue weighted by atomic mass is 32.2. The summed E-state index contributed by atoms with van der Waals surface area (Å²) < 4.78 is 63.8. The van der Waals surface area contributed by atoms with Gasteiger partial charge in [-0.15, -0.1) is 10.2 Å². The van der Waals surface area contributed by atoms with Crippen LogP contribution in [0, 0.1) is 0 Å². The van der Waals surface area contributed by atoms with Gasteiger partial charge in [0, 0.05) is 0 Å². The first kappa shape index (κ1) is 18.1. The molecule has 12 nitrogen and oxygen atoms in total. The van der Waals surface area contributed by atoms with E-state index in [0.29, 0.717) is 11.4 Å². The van der Waals surface area contributed by atoms with Crippen LogP contribution >= 0.6 is 0 Å². The molecule has 138 valence electrons. The molecular weight excluding hydrogens is 388 g/mol. The van der Waals surface area contributed by atoms with Crippen molar-refractivity contribution in [3.8, 4) is 11.4 Å². The molecule has 0 unspecified atom stereocenters. The van der Waals surface area contributed by atoms with Gasteiger partial charge in [0.15, 0.2) is 0 Å². The molecule has 0 bridgehead atoms. The molecule has 2 heterocycles. The quantitative estimate of drug-likeness (QED) is 0.520. The molecule has 0 aliphatic carbocycles. The van der Waals surface area contributed by atoms with E-state index in [1.807, 2.05) is 0 Å². The Kier molecular flexibility index (Phi) is 4.57. The molecule has 1 aromatic carbocycles. The van der Waals surface area contributed by atoms with Crippen molar-refractivity contribution in [3.05, 3.63) is 48.0 Å². The summed E-state index contributed by atoms with van der Waals surface area (Å²) >= 11 is 0. The van der Waals surface area contributed by atoms with Crippen molar-refractivity contribution in [1.29, 1.82) is 0 Å². The highest BCUT2D eigenvalue weighted by molar-refractivity contribution is 7.85. The van der Waals surface area contributed by atoms with Crippen LogP contribution in [-0.2, 0) is 31.7 Å². The zero-order valence-corrected chi connectivity index (χ0v) is 14.5. The number of hydrogen-bond donors (Lipinski definition) is 2. The van der Waals surface area contributed by atoms with Crippen LogP contribution in [0.3, 0.4) is 0 Å². The van der Waals surface area contributed by atoms with E-state index in [1.54, 1.807) is 24.3 Å². The standard InChI is InChI=1S/C12H12N6O6S2/c19-25(20,21)7-9-5-17(15-13-9)11-2-1-3-12(4-11)18-6-10(14-16-18)8-26(22,23)24/h1-6H,7-8H2,(H,19,20,21)(H,22,23,24). The van der Waals surface area contributed by atoms with Gasteiger partial charge in [0.1, 0.15) is 22.9 Å². The summed E-state index contributed by atoms with van der Waals surface area (Å²) in [5.74, 6) is -1.32. The molecule has 0 spiro atoms. The van der Waals surface area contributed by atoms with Crippen LogP contribution in [0.2, 0.25) is 0 Å². The molecule has 0 saturated carbocycles. The second-order valence-electron chi connectivity index (χ2n) is 5.28. The summed E-state index contributed by atoms with van der Waals surface area (Å²) in [4.78, 5) is 0. The van der Waals surface area contributed by atoms with Gasteiger partial charge in [0.25, 0.3) is 20.2 Å². The Morgan fingerprint density at radius 2 is 1.23 bits per heavy atom. The summed E-state index contributed by atoms with van der Waals surface area (Å²) in [5, 5.41) is 14.9. The third kappa shape index (κ3) is 4.69. The molecule has 3 aromatic rings. The average Bonchev–Trinajstić information content (AvgIpc) is 3.14. The predicted octanol–water partition coefficient (Wildman–Crippen LogP) is -0.376. The molecule has 26 heavy (non-hydrogen) atoms. The molecule has 0 atom stereocenters. The molecule has 0 amide bonds. The largest absolute Gasteiger partial charge is 0.285 e. The van der Waals surface area contributed by atoms with Crippen molar-refractivity contribution in [2.24, 2.45) is 0 Å². The van der Waals surface area contributed by atoms with Crippen LogP contribution in [0.15, 0.2) is 36.7 Å². The van der Waals surface area contributed by atoms with Crippen LogP contribution < -0.4 is 0 Å². The Hall–Kier alpha value is -2.68. The molecule has 0 aliphatic rings. The first-order chi connectivity index (χ1) is 12.1. The minimum absolute atomic E-state index is 0.0640. The minimum atomic E-state index is -4.22. The van der Waals surface area contributed by atoms with Crippen molar-refractivity contribution in [2.75, 3.05) is 0 Å². The SMILES string of the molecule is O=S(=O)(O)Cc1cn(-c2cccc(-n3cc(CS(=O)(=O)O)nn3)c2)nn1. The van der Waals surface area contributed by atoms with Crippen molar-refractivity contribution in [1.82, 2.24) is 30.0 Å². The Bertz CT molecular complexity index is 1060. The summed E-state index contributed by atoms with van der Waals surface area (Å²) in [6.07, 6.45) is 2.69. The van der Waals surface area contributed by atoms with E-state index in [2.05, 4.69) is 20.6 Å². The second-order valence-corrected chi connectivity index (χ2v) is 8.19. The average molecular weight is 400 g/mol. The van der Waals surface area contributed by atoms with Gasteiger partial charge >= 0.3 is 0 Å². The predicted molar refractivity (Wildman–Crippen MR) is 86.8 cm³/mol. The molecule has 2 aromatic heterocycles. The van der Waals surface area contributed by atoms with Crippen molar-refractivity contribution < 1.29 is 25.9 Å². The van der Waals surface area contributed by atoms with Crippen molar-refractivity contribution in [2.45, 2.75) is 11.5 Å². The highest BCUT2D eigenvalue weighted by Gasteiger charge is 2.13. The fraction of sp³-hybridized carbons (Fsp3) is 0.167. The van der Waals surface area contributed by atoms with Gasteiger partial charge < -0.3 is 0 Å². The summed E-state index contributed by atoms with van der Waals surface area (Å²) in [6, 6.07) is 6.63. The van der Waals surface area contributed by atoms with E-state index in [1.165, 1.54) is 21.8 Å². The van der Waals surface area contributed by atoms with Gasteiger partial charge in [-0.1, -0.05) is 16.5 Å². The van der Waals surface area contributed by atoms with Crippen LogP contribution in [0.5, 0.6) is 0 Å². The number of rotatable bonds is 6. The van der Waals surface area contributed by atoms with Crippen LogP contribution in [0.4, 0.5) is 0 Å². The number of hydrogen-bond acceptors (Lipinski definition) is 8. The lowest BCUT2D eigenvalue weighted by atomic mass is 10.3. The van der Waals surface area contributed by atoms with Gasteiger partial charge in [-0.05, 0) is 18.2 Å². The van der Waals surface area contributed by atoms with E-state index in [0.717, 1.165) is 0 Å². The topological polar surface area (TPSA) is 170 Å². The zero-order chi connectivity index (χ0) is 18.9. The first-order valence-electron chi connectivity index (χ1n) is 6.93. The third-order valence-corrected chi connectivity index (χ3v) is 4.42. The Morgan fingerprint density at radius 3 is 1.62 bits per heavy atom. The van der Waals surface area contributed by atoms with E-state index in [4.69, 9.17) is 9.11 Å². The normalized spacial score (nSPS) is 12.4. The monoisotopic (exact) mass is 400 g/mol. The minimum Gasteiger partial charge on any atom is -0.285 e. The summed E-state index contributed by atoms with van der Waals surface area (Å²) in [7, 11) is -8.43. The molecule has 0 radical (unpaired) electrons. The Labute approximate surface area is 147 Å². The summed E-state index contributed by atoms with van der Waals surface area (Å²) in [5.41, 5.74) is 1.16. The Morgan fingerprint density at radius 1 is 0.808 bits per heavy atom. The lowest BCUT2D eigenvalue weighted by Gasteiger charge is -2.04. The first-order valence-corrected chi connectivity index (χ1v) is 10.1. The van der Waals surface area contributed by atoms with E-state index in [9.17, 15) is 16.8 Å². The van der Waals surface area contributed by atoms with E-state index >= 15 is 0 Å².